The Morgan fingerprint density at radius 2 is 2.00 bits per heavy atom. The molecule has 0 rings (SSSR count). The maximum absolute atomic E-state index is 2.39. The summed E-state index contributed by atoms with van der Waals surface area (Å²) in [7, 11) is 0. The van der Waals surface area contributed by atoms with Gasteiger partial charge in [0.2, 0.25) is 0 Å². The predicted octanol–water partition coefficient (Wildman–Crippen LogP) is 1.18. The van der Waals surface area contributed by atoms with E-state index in [2.05, 4.69) is 11.4 Å². The van der Waals surface area contributed by atoms with E-state index in [1.54, 1.807) is 0 Å². The Balaban J connectivity index is 1.97. The molecule has 0 aromatic carbocycles. The van der Waals surface area contributed by atoms with Gasteiger partial charge in [0, 0.05) is 0 Å². The Labute approximate surface area is 39.8 Å². The fraction of sp³-hybridized carbons (Fsp3) is 1.00. The average Bonchev–Trinajstić information content (AvgIpc) is 1.37. The summed E-state index contributed by atoms with van der Waals surface area (Å²) in [5.74, 6) is 0. The quantitative estimate of drug-likeness (QED) is 0.611. The Kier molecular flexibility index (Phi) is 4.83. The van der Waals surface area contributed by atoms with Crippen molar-refractivity contribution in [2.24, 2.45) is 0 Å². The van der Waals surface area contributed by atoms with Crippen LogP contribution in [0.15, 0.2) is 0 Å². The minimum absolute atomic E-state index is 0.0231. The van der Waals surface area contributed by atoms with Crippen molar-refractivity contribution in [2.75, 3.05) is 0 Å². The third kappa shape index (κ3) is 2.92. The van der Waals surface area contributed by atoms with Crippen molar-refractivity contribution in [3.63, 3.8) is 0 Å². The number of hydrogen-bond acceptors (Lipinski definition) is 0. The van der Waals surface area contributed by atoms with Crippen LogP contribution in [0.1, 0.15) is 6.92 Å². The summed E-state index contributed by atoms with van der Waals surface area (Å²) in [4.78, 5) is 0. The van der Waals surface area contributed by atoms with Crippen molar-refractivity contribution in [2.45, 2.75) is 15.4 Å². The molecule has 0 bridgehead atoms. The molecule has 4 heavy (non-hydrogen) atoms. The molecule has 0 unspecified atom stereocenters. The van der Waals surface area contributed by atoms with E-state index in [-0.39, 0.29) is 24.2 Å². The summed E-state index contributed by atoms with van der Waals surface area (Å²) in [6.07, 6.45) is 0. The van der Waals surface area contributed by atoms with Crippen molar-refractivity contribution < 1.29 is 0 Å². The van der Waals surface area contributed by atoms with Gasteiger partial charge in [-0.05, 0) is 0 Å². The topological polar surface area (TPSA) is 0 Å². The van der Waals surface area contributed by atoms with Crippen LogP contribution >= 0.6 is 0 Å². The first-order chi connectivity index (χ1) is 1.91. The van der Waals surface area contributed by atoms with Gasteiger partial charge in [-0.1, -0.05) is 0 Å². The van der Waals surface area contributed by atoms with Gasteiger partial charge in [-0.25, -0.2) is 0 Å². The van der Waals surface area contributed by atoms with Crippen LogP contribution < -0.4 is 0 Å². The van der Waals surface area contributed by atoms with E-state index in [4.69, 9.17) is 0 Å². The molecule has 0 aliphatic rings. The van der Waals surface area contributed by atoms with E-state index in [9.17, 15) is 0 Å². The van der Waals surface area contributed by atoms with Crippen LogP contribution in [0.5, 0.6) is 0 Å². The first kappa shape index (κ1) is 4.92. The molecule has 0 aromatic heterocycles. The molecular formula is C3H8Tl. The van der Waals surface area contributed by atoms with Gasteiger partial charge < -0.3 is 0 Å². The third-order valence-electron chi connectivity index (χ3n) is 0.408. The molecular weight excluding hydrogens is 240 g/mol. The molecule has 0 heterocycles. The van der Waals surface area contributed by atoms with Gasteiger partial charge in [0.1, 0.15) is 0 Å². The fourth-order valence-corrected chi connectivity index (χ4v) is 0. The molecule has 0 saturated heterocycles. The first-order valence-electron chi connectivity index (χ1n) is 1.69. The summed E-state index contributed by atoms with van der Waals surface area (Å²) < 4.78 is 3.92. The molecule has 1 heteroatoms. The monoisotopic (exact) mass is 249 g/mol. The van der Waals surface area contributed by atoms with Gasteiger partial charge in [-0.15, -0.1) is 0 Å². The molecule has 0 fully saturated rings. The Morgan fingerprint density at radius 3 is 2.00 bits per heavy atom. The van der Waals surface area contributed by atoms with E-state index < -0.39 is 0 Å². The molecule has 0 spiro atoms. The molecule has 0 aliphatic carbocycles. The van der Waals surface area contributed by atoms with Crippen LogP contribution in [0, 0.1) is 0 Å². The Hall–Kier alpha value is 0.922. The molecule has 23 valence electrons. The summed E-state index contributed by atoms with van der Waals surface area (Å²) in [5, 5.41) is 0. The second kappa shape index (κ2) is 3.92. The zero-order valence-electron chi connectivity index (χ0n) is 3.28. The Bertz CT molecular complexity index is 5.25. The van der Waals surface area contributed by atoms with Gasteiger partial charge in [-0.2, -0.15) is 0 Å². The predicted molar refractivity (Wildman–Crippen MR) is 22.1 cm³/mol. The normalized spacial score (nSPS) is 5.50. The van der Waals surface area contributed by atoms with Crippen molar-refractivity contribution in [3.05, 3.63) is 0 Å². The molecule has 0 saturated carbocycles. The van der Waals surface area contributed by atoms with Crippen molar-refractivity contribution >= 4 is 24.2 Å². The van der Waals surface area contributed by atoms with Crippen molar-refractivity contribution in [3.8, 4) is 0 Å². The molecule has 0 radical (unpaired) electrons. The number of rotatable bonds is 1. The van der Waals surface area contributed by atoms with Crippen LogP contribution in [-0.4, -0.2) is 24.2 Å². The summed E-state index contributed by atoms with van der Waals surface area (Å²) >= 11 is -0.0231. The number of hydrogen-bond donors (Lipinski definition) is 0. The first-order valence-corrected chi connectivity index (χ1v) is 9.36. The van der Waals surface area contributed by atoms with Crippen molar-refractivity contribution in [1.82, 2.24) is 0 Å². The SMILES string of the molecule is C[CH2][Tl][CH3]. The van der Waals surface area contributed by atoms with Crippen molar-refractivity contribution in [1.29, 1.82) is 0 Å². The maximum atomic E-state index is 2.39. The van der Waals surface area contributed by atoms with E-state index >= 15 is 0 Å². The van der Waals surface area contributed by atoms with Gasteiger partial charge in [0.05, 0.1) is 0 Å². The fourth-order valence-electron chi connectivity index (χ4n) is 0. The summed E-state index contributed by atoms with van der Waals surface area (Å²) in [6, 6.07) is 0. The standard InChI is InChI=1S/C2H5.CH3.Tl/c1-2;;/h1H2,2H3;1H3;. The van der Waals surface area contributed by atoms with E-state index in [1.807, 2.05) is 0 Å². The second-order valence-corrected chi connectivity index (χ2v) is 7.16. The minimum atomic E-state index is -0.0231. The zero-order valence-corrected chi connectivity index (χ0v) is 7.77. The average molecular weight is 248 g/mol. The van der Waals surface area contributed by atoms with Gasteiger partial charge in [-0.3, -0.25) is 0 Å². The van der Waals surface area contributed by atoms with E-state index in [0.29, 0.717) is 0 Å². The van der Waals surface area contributed by atoms with Crippen LogP contribution in [0.4, 0.5) is 0 Å². The molecule has 0 atom stereocenters. The van der Waals surface area contributed by atoms with Crippen LogP contribution in [0.2, 0.25) is 8.46 Å². The summed E-state index contributed by atoms with van der Waals surface area (Å²) in [5.41, 5.74) is 0. The second-order valence-electron chi connectivity index (χ2n) is 0.816. The molecule has 0 aliphatic heterocycles. The van der Waals surface area contributed by atoms with Gasteiger partial charge in [0.15, 0.2) is 0 Å². The molecule has 0 aromatic rings. The van der Waals surface area contributed by atoms with Gasteiger partial charge in [0.25, 0.3) is 0 Å². The zero-order chi connectivity index (χ0) is 3.41. The summed E-state index contributed by atoms with van der Waals surface area (Å²) in [6.45, 7) is 2.27. The van der Waals surface area contributed by atoms with E-state index in [0.717, 1.165) is 0 Å². The van der Waals surface area contributed by atoms with Gasteiger partial charge >= 0.3 is 39.6 Å². The van der Waals surface area contributed by atoms with Crippen LogP contribution in [0.25, 0.3) is 0 Å². The molecule has 0 nitrogen and oxygen atoms in total. The molecule has 0 N–H and O–H groups in total. The van der Waals surface area contributed by atoms with Crippen LogP contribution in [-0.2, 0) is 0 Å². The molecule has 0 amide bonds. The Morgan fingerprint density at radius 1 is 1.75 bits per heavy atom. The third-order valence-corrected chi connectivity index (χ3v) is 3.58. The van der Waals surface area contributed by atoms with Crippen LogP contribution in [0.3, 0.4) is 0 Å². The van der Waals surface area contributed by atoms with E-state index in [1.165, 1.54) is 3.98 Å².